The van der Waals surface area contributed by atoms with Gasteiger partial charge in [0.25, 0.3) is 0 Å². The molecule has 154 valence electrons. The van der Waals surface area contributed by atoms with Gasteiger partial charge >= 0.3 is 0 Å². The molecule has 0 atom stereocenters. The van der Waals surface area contributed by atoms with Crippen LogP contribution in [-0.2, 0) is 13.1 Å². The maximum Gasteiger partial charge on any atom is 0.0361 e. The molecular formula is C26H35N3. The Hall–Kier alpha value is -2.78. The van der Waals surface area contributed by atoms with Gasteiger partial charge in [-0.1, -0.05) is 55.1 Å². The molecule has 0 aliphatic carbocycles. The Morgan fingerprint density at radius 3 is 1.59 bits per heavy atom. The smallest absolute Gasteiger partial charge is 0.0361 e. The van der Waals surface area contributed by atoms with Crippen LogP contribution >= 0.6 is 0 Å². The molecule has 0 saturated heterocycles. The average Bonchev–Trinajstić information content (AvgIpc) is 2.69. The molecule has 29 heavy (non-hydrogen) atoms. The molecule has 0 aliphatic rings. The van der Waals surface area contributed by atoms with E-state index in [0.717, 1.165) is 19.6 Å². The van der Waals surface area contributed by atoms with Crippen LogP contribution in [0.1, 0.15) is 18.1 Å². The van der Waals surface area contributed by atoms with E-state index in [1.807, 2.05) is 6.08 Å². The van der Waals surface area contributed by atoms with Gasteiger partial charge in [0.15, 0.2) is 0 Å². The molecule has 2 rings (SSSR count). The van der Waals surface area contributed by atoms with Crippen LogP contribution in [0.4, 0.5) is 11.4 Å². The minimum Gasteiger partial charge on any atom is -0.378 e. The number of anilines is 2. The van der Waals surface area contributed by atoms with Crippen LogP contribution in [0.25, 0.3) is 0 Å². The van der Waals surface area contributed by atoms with E-state index in [0.29, 0.717) is 0 Å². The molecule has 0 saturated carbocycles. The lowest BCUT2D eigenvalue weighted by molar-refractivity contribution is 0.281. The SMILES string of the molecule is C=CC=C(C=CC)CN(Cc1ccc(N(C)C)cc1)Cc1ccc(N(C)C)cc1. The van der Waals surface area contributed by atoms with Crippen molar-refractivity contribution in [2.45, 2.75) is 20.0 Å². The molecule has 0 aliphatic heterocycles. The number of hydrogen-bond donors (Lipinski definition) is 0. The fraction of sp³-hybridized carbons (Fsp3) is 0.308. The van der Waals surface area contributed by atoms with Crippen LogP contribution in [0.2, 0.25) is 0 Å². The molecule has 3 heteroatoms. The summed E-state index contributed by atoms with van der Waals surface area (Å²) in [4.78, 5) is 6.74. The van der Waals surface area contributed by atoms with Gasteiger partial charge in [0.2, 0.25) is 0 Å². The van der Waals surface area contributed by atoms with Crippen molar-refractivity contribution in [3.63, 3.8) is 0 Å². The molecule has 0 heterocycles. The first-order valence-corrected chi connectivity index (χ1v) is 10.1. The summed E-state index contributed by atoms with van der Waals surface area (Å²) in [5.41, 5.74) is 6.34. The lowest BCUT2D eigenvalue weighted by Gasteiger charge is -2.24. The van der Waals surface area contributed by atoms with E-state index in [4.69, 9.17) is 0 Å². The normalized spacial score (nSPS) is 11.9. The van der Waals surface area contributed by atoms with E-state index in [9.17, 15) is 0 Å². The number of benzene rings is 2. The number of hydrogen-bond acceptors (Lipinski definition) is 3. The van der Waals surface area contributed by atoms with Crippen molar-refractivity contribution >= 4 is 11.4 Å². The van der Waals surface area contributed by atoms with Crippen molar-refractivity contribution in [1.29, 1.82) is 0 Å². The number of rotatable bonds is 10. The van der Waals surface area contributed by atoms with Crippen molar-refractivity contribution in [2.75, 3.05) is 44.5 Å². The van der Waals surface area contributed by atoms with Crippen LogP contribution in [0, 0.1) is 0 Å². The van der Waals surface area contributed by atoms with Crippen molar-refractivity contribution in [3.8, 4) is 0 Å². The van der Waals surface area contributed by atoms with Gasteiger partial charge in [0, 0.05) is 59.2 Å². The molecule has 0 spiro atoms. The summed E-state index contributed by atoms with van der Waals surface area (Å²) in [5.74, 6) is 0. The van der Waals surface area contributed by atoms with E-state index in [1.54, 1.807) is 0 Å². The van der Waals surface area contributed by atoms with Gasteiger partial charge in [0.1, 0.15) is 0 Å². The topological polar surface area (TPSA) is 9.72 Å². The summed E-state index contributed by atoms with van der Waals surface area (Å²) in [6, 6.07) is 17.7. The maximum atomic E-state index is 3.87. The summed E-state index contributed by atoms with van der Waals surface area (Å²) in [7, 11) is 8.29. The highest BCUT2D eigenvalue weighted by Gasteiger charge is 2.10. The molecule has 0 aromatic heterocycles. The molecule has 0 fully saturated rings. The largest absolute Gasteiger partial charge is 0.378 e. The van der Waals surface area contributed by atoms with E-state index in [2.05, 4.69) is 123 Å². The van der Waals surface area contributed by atoms with Gasteiger partial charge in [-0.2, -0.15) is 0 Å². The van der Waals surface area contributed by atoms with E-state index in [1.165, 1.54) is 28.1 Å². The molecule has 3 nitrogen and oxygen atoms in total. The third kappa shape index (κ3) is 7.28. The lowest BCUT2D eigenvalue weighted by Crippen LogP contribution is -2.25. The fourth-order valence-electron chi connectivity index (χ4n) is 3.27. The molecule has 2 aromatic rings. The van der Waals surface area contributed by atoms with Gasteiger partial charge in [-0.05, 0) is 47.9 Å². The fourth-order valence-corrected chi connectivity index (χ4v) is 3.27. The average molecular weight is 390 g/mol. The summed E-state index contributed by atoms with van der Waals surface area (Å²) >= 11 is 0. The third-order valence-corrected chi connectivity index (χ3v) is 4.84. The van der Waals surface area contributed by atoms with Gasteiger partial charge in [-0.15, -0.1) is 0 Å². The Morgan fingerprint density at radius 1 is 0.793 bits per heavy atom. The second-order valence-corrected chi connectivity index (χ2v) is 7.74. The summed E-state index contributed by atoms with van der Waals surface area (Å²) in [5, 5.41) is 0. The number of nitrogens with zero attached hydrogens (tertiary/aromatic N) is 3. The van der Waals surface area contributed by atoms with Crippen LogP contribution in [0.3, 0.4) is 0 Å². The van der Waals surface area contributed by atoms with Gasteiger partial charge < -0.3 is 9.80 Å². The molecule has 0 radical (unpaired) electrons. The Bertz CT molecular complexity index is 759. The minimum absolute atomic E-state index is 0.876. The highest BCUT2D eigenvalue weighted by atomic mass is 15.1. The highest BCUT2D eigenvalue weighted by Crippen LogP contribution is 2.18. The zero-order valence-corrected chi connectivity index (χ0v) is 18.6. The first-order chi connectivity index (χ1) is 13.9. The summed E-state index contributed by atoms with van der Waals surface area (Å²) in [6.07, 6.45) is 8.22. The molecule has 0 bridgehead atoms. The standard InChI is InChI=1S/C26H35N3/c1-7-9-22(10-8-2)19-29(20-23-11-15-25(16-12-23)27(3)4)21-24-13-17-26(18-14-24)28(5)6/h7-18H,1,19-21H2,2-6H3. The molecule has 2 aromatic carbocycles. The Kier molecular flexibility index (Phi) is 8.75. The van der Waals surface area contributed by atoms with E-state index >= 15 is 0 Å². The van der Waals surface area contributed by atoms with E-state index < -0.39 is 0 Å². The van der Waals surface area contributed by atoms with Crippen LogP contribution < -0.4 is 9.80 Å². The van der Waals surface area contributed by atoms with Crippen LogP contribution in [-0.4, -0.2) is 39.6 Å². The first-order valence-electron chi connectivity index (χ1n) is 10.1. The van der Waals surface area contributed by atoms with E-state index in [-0.39, 0.29) is 0 Å². The third-order valence-electron chi connectivity index (χ3n) is 4.84. The quantitative estimate of drug-likeness (QED) is 0.496. The molecule has 0 amide bonds. The molecular weight excluding hydrogens is 354 g/mol. The Balaban J connectivity index is 2.21. The van der Waals surface area contributed by atoms with Crippen LogP contribution in [0.5, 0.6) is 0 Å². The summed E-state index contributed by atoms with van der Waals surface area (Å²) in [6.45, 7) is 8.60. The lowest BCUT2D eigenvalue weighted by atomic mass is 10.1. The van der Waals surface area contributed by atoms with Crippen molar-refractivity contribution in [2.24, 2.45) is 0 Å². The second-order valence-electron chi connectivity index (χ2n) is 7.74. The maximum absolute atomic E-state index is 3.87. The van der Waals surface area contributed by atoms with Gasteiger partial charge in [0.05, 0.1) is 0 Å². The first kappa shape index (κ1) is 22.5. The molecule has 0 N–H and O–H groups in total. The van der Waals surface area contributed by atoms with Gasteiger partial charge in [-0.3, -0.25) is 4.90 Å². The van der Waals surface area contributed by atoms with Crippen molar-refractivity contribution < 1.29 is 0 Å². The number of allylic oxidation sites excluding steroid dienone is 3. The Morgan fingerprint density at radius 2 is 1.24 bits per heavy atom. The zero-order valence-electron chi connectivity index (χ0n) is 18.6. The predicted molar refractivity (Wildman–Crippen MR) is 129 cm³/mol. The minimum atomic E-state index is 0.876. The van der Waals surface area contributed by atoms with Gasteiger partial charge in [-0.25, -0.2) is 0 Å². The Labute approximate surface area is 177 Å². The van der Waals surface area contributed by atoms with Crippen LogP contribution in [0.15, 0.2) is 85.0 Å². The highest BCUT2D eigenvalue weighted by molar-refractivity contribution is 5.47. The summed E-state index contributed by atoms with van der Waals surface area (Å²) < 4.78 is 0. The van der Waals surface area contributed by atoms with Crippen molar-refractivity contribution in [3.05, 3.63) is 96.1 Å². The monoisotopic (exact) mass is 389 g/mol. The van der Waals surface area contributed by atoms with Crippen molar-refractivity contribution in [1.82, 2.24) is 4.90 Å². The zero-order chi connectivity index (χ0) is 21.2. The second kappa shape index (κ2) is 11.3. The molecule has 0 unspecified atom stereocenters. The predicted octanol–water partition coefficient (Wildman–Crippen LogP) is 5.51.